The molecule has 0 radical (unpaired) electrons. The van der Waals surface area contributed by atoms with Gasteiger partial charge >= 0.3 is 5.97 Å². The van der Waals surface area contributed by atoms with Crippen LogP contribution in [0.15, 0.2) is 30.3 Å². The van der Waals surface area contributed by atoms with Crippen molar-refractivity contribution in [2.24, 2.45) is 0 Å². The van der Waals surface area contributed by atoms with E-state index in [1.807, 2.05) is 19.1 Å². The van der Waals surface area contributed by atoms with Crippen molar-refractivity contribution in [2.45, 2.75) is 38.8 Å². The minimum Gasteiger partial charge on any atom is -0.457 e. The average Bonchev–Trinajstić information content (AvgIpc) is 3.14. The lowest BCUT2D eigenvalue weighted by Crippen LogP contribution is -2.28. The zero-order valence-corrected chi connectivity index (χ0v) is 19.2. The van der Waals surface area contributed by atoms with Crippen LogP contribution >= 0.6 is 34.8 Å². The largest absolute Gasteiger partial charge is 0.457 e. The Balaban J connectivity index is 1.85. The molecule has 6 nitrogen and oxygen atoms in total. The number of aliphatic hydroxyl groups is 1. The van der Waals surface area contributed by atoms with Crippen LogP contribution in [0.25, 0.3) is 11.0 Å². The highest BCUT2D eigenvalue weighted by atomic mass is 35.5. The molecule has 4 rings (SSSR count). The lowest BCUT2D eigenvalue weighted by atomic mass is 10.0. The van der Waals surface area contributed by atoms with Crippen molar-refractivity contribution < 1.29 is 14.6 Å². The highest BCUT2D eigenvalue weighted by Gasteiger charge is 2.28. The maximum atomic E-state index is 12.1. The number of hydrogen-bond acceptors (Lipinski definition) is 5. The van der Waals surface area contributed by atoms with Crippen molar-refractivity contribution in [3.05, 3.63) is 51.0 Å². The normalized spacial score (nSPS) is 14.5. The predicted molar refractivity (Wildman–Crippen MR) is 124 cm³/mol. The van der Waals surface area contributed by atoms with Crippen molar-refractivity contribution >= 4 is 63.4 Å². The second-order valence-corrected chi connectivity index (χ2v) is 8.61. The maximum absolute atomic E-state index is 12.1. The molecule has 3 aromatic rings. The van der Waals surface area contributed by atoms with Gasteiger partial charge in [-0.2, -0.15) is 0 Å². The molecule has 0 spiro atoms. The van der Waals surface area contributed by atoms with Gasteiger partial charge in [0.25, 0.3) is 0 Å². The van der Waals surface area contributed by atoms with Gasteiger partial charge in [0.15, 0.2) is 0 Å². The Kier molecular flexibility index (Phi) is 6.63. The summed E-state index contributed by atoms with van der Waals surface area (Å²) in [6, 6.07) is 9.06. The predicted octanol–water partition coefficient (Wildman–Crippen LogP) is 5.92. The van der Waals surface area contributed by atoms with Crippen LogP contribution in [-0.4, -0.2) is 33.8 Å². The molecule has 1 unspecified atom stereocenters. The fourth-order valence-corrected chi connectivity index (χ4v) is 4.69. The van der Waals surface area contributed by atoms with Gasteiger partial charge in [-0.3, -0.25) is 4.79 Å². The highest BCUT2D eigenvalue weighted by molar-refractivity contribution is 6.36. The lowest BCUT2D eigenvalue weighted by molar-refractivity contribution is -0.150. The number of rotatable bonds is 6. The summed E-state index contributed by atoms with van der Waals surface area (Å²) in [6.45, 7) is 3.21. The van der Waals surface area contributed by atoms with E-state index in [1.165, 1.54) is 0 Å². The number of anilines is 2. The first-order chi connectivity index (χ1) is 14.9. The van der Waals surface area contributed by atoms with Crippen molar-refractivity contribution in [2.75, 3.05) is 18.1 Å². The molecule has 0 saturated carbocycles. The summed E-state index contributed by atoms with van der Waals surface area (Å²) in [6.07, 6.45) is 0.959. The number of hydrogen-bond donors (Lipinski definition) is 1. The van der Waals surface area contributed by atoms with Gasteiger partial charge in [-0.25, -0.2) is 4.98 Å². The van der Waals surface area contributed by atoms with E-state index in [9.17, 15) is 4.79 Å². The number of esters is 1. The van der Waals surface area contributed by atoms with Gasteiger partial charge in [0, 0.05) is 23.7 Å². The molecule has 9 heteroatoms. The third-order valence-electron chi connectivity index (χ3n) is 5.37. The zero-order chi connectivity index (χ0) is 22.1. The number of carbonyl (C=O) groups excluding carboxylic acids is 1. The quantitative estimate of drug-likeness (QED) is 0.442. The van der Waals surface area contributed by atoms with Gasteiger partial charge in [-0.15, -0.1) is 0 Å². The molecule has 1 aromatic heterocycles. The number of fused-ring (bicyclic) bond motifs is 3. The van der Waals surface area contributed by atoms with Crippen molar-refractivity contribution in [1.82, 2.24) is 9.55 Å². The SMILES string of the molecule is CCC(OC(=O)CCO)c1ccc(Cl)c2nc3n(c12)CCCN3c1ccc(Cl)cc1Cl. The molecule has 0 aliphatic carbocycles. The molecule has 0 saturated heterocycles. The first-order valence-electron chi connectivity index (χ1n) is 10.2. The van der Waals surface area contributed by atoms with Crippen LogP contribution in [0, 0.1) is 0 Å². The smallest absolute Gasteiger partial charge is 0.308 e. The number of ether oxygens (including phenoxy) is 1. The van der Waals surface area contributed by atoms with Gasteiger partial charge in [0.2, 0.25) is 5.95 Å². The van der Waals surface area contributed by atoms with Gasteiger partial charge in [-0.05, 0) is 37.1 Å². The van der Waals surface area contributed by atoms with Gasteiger partial charge in [0.1, 0.15) is 11.6 Å². The molecular weight excluding hydrogens is 461 g/mol. The third-order valence-corrected chi connectivity index (χ3v) is 6.21. The Hall–Kier alpha value is -1.99. The van der Waals surface area contributed by atoms with E-state index in [2.05, 4.69) is 9.47 Å². The minimum atomic E-state index is -0.464. The summed E-state index contributed by atoms with van der Waals surface area (Å²) in [4.78, 5) is 19.0. The number of carbonyl (C=O) groups is 1. The maximum Gasteiger partial charge on any atom is 0.308 e. The molecule has 1 atom stereocenters. The van der Waals surface area contributed by atoms with Crippen LogP contribution in [0.1, 0.15) is 37.9 Å². The zero-order valence-electron chi connectivity index (χ0n) is 16.9. The van der Waals surface area contributed by atoms with E-state index < -0.39 is 12.1 Å². The van der Waals surface area contributed by atoms with E-state index in [0.29, 0.717) is 27.0 Å². The fourth-order valence-electron chi connectivity index (χ4n) is 3.99. The Morgan fingerprint density at radius 3 is 2.71 bits per heavy atom. The number of aryl methyl sites for hydroxylation is 1. The number of halogens is 3. The Morgan fingerprint density at radius 2 is 2.00 bits per heavy atom. The number of nitrogens with zero attached hydrogens (tertiary/aromatic N) is 3. The fraction of sp³-hybridized carbons (Fsp3) is 0.364. The minimum absolute atomic E-state index is 0.0411. The summed E-state index contributed by atoms with van der Waals surface area (Å²) >= 11 is 19.1. The Morgan fingerprint density at radius 1 is 1.19 bits per heavy atom. The van der Waals surface area contributed by atoms with Gasteiger partial charge in [0.05, 0.1) is 34.3 Å². The molecule has 1 aliphatic heterocycles. The molecule has 31 heavy (non-hydrogen) atoms. The first-order valence-corrected chi connectivity index (χ1v) is 11.3. The standard InChI is InChI=1S/C22H22Cl3N3O3/c1-2-18(31-19(30)8-11-29)14-5-6-15(24)20-21(14)28-10-3-9-27(22(28)26-20)17-7-4-13(23)12-16(17)25/h4-7,12,18,29H,2-3,8-11H2,1H3. The molecule has 1 aliphatic rings. The monoisotopic (exact) mass is 481 g/mol. The Bertz CT molecular complexity index is 1130. The summed E-state index contributed by atoms with van der Waals surface area (Å²) < 4.78 is 7.75. The van der Waals surface area contributed by atoms with Crippen LogP contribution < -0.4 is 4.90 Å². The van der Waals surface area contributed by atoms with E-state index in [-0.39, 0.29) is 13.0 Å². The summed E-state index contributed by atoms with van der Waals surface area (Å²) in [5.74, 6) is 0.293. The molecule has 1 N–H and O–H groups in total. The molecule has 0 fully saturated rings. The number of benzene rings is 2. The summed E-state index contributed by atoms with van der Waals surface area (Å²) in [5, 5.41) is 10.7. The van der Waals surface area contributed by atoms with Crippen molar-refractivity contribution in [3.8, 4) is 0 Å². The molecule has 164 valence electrons. The van der Waals surface area contributed by atoms with E-state index >= 15 is 0 Å². The second-order valence-electron chi connectivity index (χ2n) is 7.36. The molecule has 2 heterocycles. The lowest BCUT2D eigenvalue weighted by Gasteiger charge is -2.30. The average molecular weight is 483 g/mol. The third kappa shape index (κ3) is 4.22. The van der Waals surface area contributed by atoms with Crippen LogP contribution in [-0.2, 0) is 16.1 Å². The van der Waals surface area contributed by atoms with Crippen molar-refractivity contribution in [3.63, 3.8) is 0 Å². The van der Waals surface area contributed by atoms with Crippen LogP contribution in [0.4, 0.5) is 11.6 Å². The van der Waals surface area contributed by atoms with Crippen LogP contribution in [0.2, 0.25) is 15.1 Å². The topological polar surface area (TPSA) is 67.6 Å². The highest BCUT2D eigenvalue weighted by Crippen LogP contribution is 2.41. The van der Waals surface area contributed by atoms with E-state index in [1.54, 1.807) is 18.2 Å². The van der Waals surface area contributed by atoms with Crippen molar-refractivity contribution in [1.29, 1.82) is 0 Å². The van der Waals surface area contributed by atoms with E-state index in [0.717, 1.165) is 42.2 Å². The number of imidazole rings is 1. The van der Waals surface area contributed by atoms with Gasteiger partial charge < -0.3 is 19.3 Å². The van der Waals surface area contributed by atoms with Gasteiger partial charge in [-0.1, -0.05) is 47.8 Å². The summed E-state index contributed by atoms with van der Waals surface area (Å²) in [5.41, 5.74) is 3.17. The molecule has 2 aromatic carbocycles. The number of aromatic nitrogens is 2. The first kappa shape index (κ1) is 22.2. The Labute approximate surface area is 195 Å². The van der Waals surface area contributed by atoms with Crippen LogP contribution in [0.5, 0.6) is 0 Å². The second kappa shape index (κ2) is 9.25. The molecule has 0 bridgehead atoms. The van der Waals surface area contributed by atoms with E-state index in [4.69, 9.17) is 49.6 Å². The molecule has 0 amide bonds. The molecular formula is C22H22Cl3N3O3. The van der Waals surface area contributed by atoms with Crippen LogP contribution in [0.3, 0.4) is 0 Å². The number of aliphatic hydroxyl groups excluding tert-OH is 1. The summed E-state index contributed by atoms with van der Waals surface area (Å²) in [7, 11) is 0.